The number of ketones is 1. The van der Waals surface area contributed by atoms with Crippen LogP contribution in [0, 0.1) is 0 Å². The molecule has 0 bridgehead atoms. The number of rotatable bonds is 6. The van der Waals surface area contributed by atoms with Gasteiger partial charge in [-0.05, 0) is 20.4 Å². The van der Waals surface area contributed by atoms with E-state index in [0.717, 1.165) is 0 Å². The predicted octanol–water partition coefficient (Wildman–Crippen LogP) is 0.584. The highest BCUT2D eigenvalue weighted by Crippen LogP contribution is 1.97. The lowest BCUT2D eigenvalue weighted by atomic mass is 10.1. The Labute approximate surface area is 77.6 Å². The number of hydrogen-bond acceptors (Lipinski definition) is 3. The Morgan fingerprint density at radius 2 is 2.15 bits per heavy atom. The normalized spacial score (nSPS) is 13.1. The minimum absolute atomic E-state index is 0.266. The molecule has 2 N–H and O–H groups in total. The van der Waals surface area contributed by atoms with Crippen LogP contribution in [0.25, 0.3) is 0 Å². The van der Waals surface area contributed by atoms with E-state index in [2.05, 4.69) is 5.32 Å². The Morgan fingerprint density at radius 1 is 1.54 bits per heavy atom. The molecular weight excluding hydrogens is 170 g/mol. The average Bonchev–Trinajstić information content (AvgIpc) is 2.05. The van der Waals surface area contributed by atoms with E-state index in [-0.39, 0.29) is 12.2 Å². The summed E-state index contributed by atoms with van der Waals surface area (Å²) < 4.78 is 0. The number of nitrogens with one attached hydrogen (secondary N) is 1. The minimum atomic E-state index is -1.12. The van der Waals surface area contributed by atoms with Gasteiger partial charge in [0.25, 0.3) is 0 Å². The number of carbonyl (C=O) groups excluding carboxylic acids is 1. The molecule has 0 heterocycles. The molecule has 0 aliphatic carbocycles. The summed E-state index contributed by atoms with van der Waals surface area (Å²) in [7, 11) is 1.46. The molecule has 1 unspecified atom stereocenters. The molecule has 4 nitrogen and oxygen atoms in total. The highest BCUT2D eigenvalue weighted by Gasteiger charge is 2.22. The van der Waals surface area contributed by atoms with Crippen molar-refractivity contribution in [2.45, 2.75) is 25.8 Å². The van der Waals surface area contributed by atoms with Crippen LogP contribution in [0.3, 0.4) is 0 Å². The van der Waals surface area contributed by atoms with Gasteiger partial charge in [0.2, 0.25) is 0 Å². The molecule has 0 saturated heterocycles. The molecule has 0 aromatic rings. The highest BCUT2D eigenvalue weighted by molar-refractivity contribution is 6.02. The monoisotopic (exact) mass is 185 g/mol. The summed E-state index contributed by atoms with van der Waals surface area (Å²) in [6.45, 7) is 1.86. The molecule has 0 aromatic carbocycles. The number of likely N-dealkylation sites (N-methyl/N-ethyl adjacent to an activating group) is 1. The second-order valence-electron chi connectivity index (χ2n) is 2.63. The van der Waals surface area contributed by atoms with Crippen molar-refractivity contribution >= 4 is 11.8 Å². The number of carboxylic acid groups (broad SMARTS) is 1. The van der Waals surface area contributed by atoms with Crippen molar-refractivity contribution in [3.05, 3.63) is 12.2 Å². The summed E-state index contributed by atoms with van der Waals surface area (Å²) in [4.78, 5) is 21.7. The quantitative estimate of drug-likeness (QED) is 0.469. The number of aliphatic carboxylic acids is 1. The van der Waals surface area contributed by atoms with Gasteiger partial charge in [0.15, 0.2) is 11.8 Å². The summed E-state index contributed by atoms with van der Waals surface area (Å²) in [5.41, 5.74) is 0. The zero-order chi connectivity index (χ0) is 10.3. The molecule has 0 aliphatic rings. The Balaban J connectivity index is 3.99. The Morgan fingerprint density at radius 3 is 2.54 bits per heavy atom. The van der Waals surface area contributed by atoms with Crippen LogP contribution < -0.4 is 5.32 Å². The van der Waals surface area contributed by atoms with E-state index < -0.39 is 12.0 Å². The molecule has 74 valence electrons. The number of Topliss-reactive ketones (excluding diaryl/α,β-unsaturated/α-hetero) is 1. The van der Waals surface area contributed by atoms with Crippen molar-refractivity contribution in [1.82, 2.24) is 5.32 Å². The van der Waals surface area contributed by atoms with Crippen molar-refractivity contribution in [2.75, 3.05) is 7.05 Å². The van der Waals surface area contributed by atoms with Gasteiger partial charge in [-0.25, -0.2) is 0 Å². The van der Waals surface area contributed by atoms with Gasteiger partial charge < -0.3 is 10.4 Å². The van der Waals surface area contributed by atoms with Crippen LogP contribution in [-0.2, 0) is 9.59 Å². The lowest BCUT2D eigenvalue weighted by molar-refractivity contribution is -0.143. The van der Waals surface area contributed by atoms with Crippen LogP contribution in [-0.4, -0.2) is 29.9 Å². The van der Waals surface area contributed by atoms with Crippen LogP contribution in [0.5, 0.6) is 0 Å². The molecule has 0 saturated carbocycles. The molecular formula is C9H15NO3. The third kappa shape index (κ3) is 4.42. The lowest BCUT2D eigenvalue weighted by Crippen LogP contribution is -2.41. The maximum atomic E-state index is 11.2. The SMILES string of the molecule is CC=CCCC(=O)C(NC)C(=O)O. The number of allylic oxidation sites excluding steroid dienone is 2. The summed E-state index contributed by atoms with van der Waals surface area (Å²) in [6, 6.07) is -1.06. The van der Waals surface area contributed by atoms with E-state index in [1.165, 1.54) is 7.05 Å². The second kappa shape index (κ2) is 6.37. The van der Waals surface area contributed by atoms with Gasteiger partial charge in [0.05, 0.1) is 0 Å². The first-order valence-electron chi connectivity index (χ1n) is 4.17. The van der Waals surface area contributed by atoms with Crippen LogP contribution >= 0.6 is 0 Å². The van der Waals surface area contributed by atoms with Gasteiger partial charge in [0, 0.05) is 6.42 Å². The highest BCUT2D eigenvalue weighted by atomic mass is 16.4. The Bertz CT molecular complexity index is 211. The zero-order valence-electron chi connectivity index (χ0n) is 7.91. The first-order chi connectivity index (χ1) is 6.13. The fourth-order valence-corrected chi connectivity index (χ4v) is 0.959. The molecule has 0 rings (SSSR count). The smallest absolute Gasteiger partial charge is 0.328 e. The van der Waals surface area contributed by atoms with Crippen molar-refractivity contribution in [3.8, 4) is 0 Å². The molecule has 0 fully saturated rings. The third-order valence-electron chi connectivity index (χ3n) is 1.65. The summed E-state index contributed by atoms with van der Waals surface area (Å²) >= 11 is 0. The van der Waals surface area contributed by atoms with Crippen LogP contribution in [0.1, 0.15) is 19.8 Å². The number of carboxylic acids is 1. The standard InChI is InChI=1S/C9H15NO3/c1-3-4-5-6-7(11)8(10-2)9(12)13/h3-4,8,10H,5-6H2,1-2H3,(H,12,13). The summed E-state index contributed by atoms with van der Waals surface area (Å²) in [5.74, 6) is -1.40. The van der Waals surface area contributed by atoms with Crippen molar-refractivity contribution in [2.24, 2.45) is 0 Å². The number of carbonyl (C=O) groups is 2. The van der Waals surface area contributed by atoms with Crippen molar-refractivity contribution in [1.29, 1.82) is 0 Å². The first kappa shape index (κ1) is 11.8. The molecule has 0 aromatic heterocycles. The van der Waals surface area contributed by atoms with E-state index in [4.69, 9.17) is 5.11 Å². The van der Waals surface area contributed by atoms with E-state index in [9.17, 15) is 9.59 Å². The number of hydrogen-bond donors (Lipinski definition) is 2. The van der Waals surface area contributed by atoms with Gasteiger partial charge in [-0.1, -0.05) is 12.2 Å². The topological polar surface area (TPSA) is 66.4 Å². The lowest BCUT2D eigenvalue weighted by Gasteiger charge is -2.08. The molecule has 1 atom stereocenters. The predicted molar refractivity (Wildman–Crippen MR) is 49.5 cm³/mol. The van der Waals surface area contributed by atoms with Gasteiger partial charge in [0.1, 0.15) is 0 Å². The fraction of sp³-hybridized carbons (Fsp3) is 0.556. The molecule has 13 heavy (non-hydrogen) atoms. The second-order valence-corrected chi connectivity index (χ2v) is 2.63. The molecule has 4 heteroatoms. The van der Waals surface area contributed by atoms with E-state index in [1.54, 1.807) is 0 Å². The third-order valence-corrected chi connectivity index (χ3v) is 1.65. The van der Waals surface area contributed by atoms with Gasteiger partial charge in [-0.3, -0.25) is 9.59 Å². The van der Waals surface area contributed by atoms with E-state index in [0.29, 0.717) is 6.42 Å². The van der Waals surface area contributed by atoms with Crippen LogP contribution in [0.15, 0.2) is 12.2 Å². The molecule has 0 aliphatic heterocycles. The van der Waals surface area contributed by atoms with Gasteiger partial charge >= 0.3 is 5.97 Å². The maximum Gasteiger partial charge on any atom is 0.328 e. The largest absolute Gasteiger partial charge is 0.480 e. The van der Waals surface area contributed by atoms with Gasteiger partial charge in [-0.2, -0.15) is 0 Å². The zero-order valence-corrected chi connectivity index (χ0v) is 7.91. The van der Waals surface area contributed by atoms with Gasteiger partial charge in [-0.15, -0.1) is 0 Å². The Kier molecular flexibility index (Phi) is 5.80. The van der Waals surface area contributed by atoms with E-state index in [1.807, 2.05) is 19.1 Å². The molecule has 0 spiro atoms. The van der Waals surface area contributed by atoms with E-state index >= 15 is 0 Å². The summed E-state index contributed by atoms with van der Waals surface area (Å²) in [6.07, 6.45) is 4.54. The van der Waals surface area contributed by atoms with Crippen LogP contribution in [0.2, 0.25) is 0 Å². The summed E-state index contributed by atoms with van der Waals surface area (Å²) in [5, 5.41) is 11.1. The minimum Gasteiger partial charge on any atom is -0.480 e. The van der Waals surface area contributed by atoms with Crippen molar-refractivity contribution < 1.29 is 14.7 Å². The van der Waals surface area contributed by atoms with Crippen molar-refractivity contribution in [3.63, 3.8) is 0 Å². The average molecular weight is 185 g/mol. The Hall–Kier alpha value is -1.16. The van der Waals surface area contributed by atoms with Crippen LogP contribution in [0.4, 0.5) is 0 Å². The molecule has 0 radical (unpaired) electrons. The maximum absolute atomic E-state index is 11.2. The first-order valence-corrected chi connectivity index (χ1v) is 4.17. The molecule has 0 amide bonds. The fourth-order valence-electron chi connectivity index (χ4n) is 0.959.